The number of hydrogen-bond donors (Lipinski definition) is 2. The maximum atomic E-state index is 12.5. The number of ether oxygens (including phenoxy) is 1. The molecular weight excluding hydrogens is 396 g/mol. The van der Waals surface area contributed by atoms with Crippen molar-refractivity contribution in [2.24, 2.45) is 0 Å². The van der Waals surface area contributed by atoms with E-state index in [-0.39, 0.29) is 22.7 Å². The predicted octanol–water partition coefficient (Wildman–Crippen LogP) is 2.84. The molecule has 2 aromatic rings. The third-order valence-corrected chi connectivity index (χ3v) is 5.33. The van der Waals surface area contributed by atoms with Crippen molar-refractivity contribution in [1.82, 2.24) is 4.98 Å². The minimum absolute atomic E-state index is 0.0680. The number of esters is 1. The molecule has 0 aliphatic carbocycles. The van der Waals surface area contributed by atoms with Crippen LogP contribution in [0.5, 0.6) is 0 Å². The van der Waals surface area contributed by atoms with E-state index in [1.165, 1.54) is 13.1 Å². The summed E-state index contributed by atoms with van der Waals surface area (Å²) < 4.78 is 5.27. The van der Waals surface area contributed by atoms with Crippen molar-refractivity contribution in [1.29, 1.82) is 0 Å². The fourth-order valence-corrected chi connectivity index (χ4v) is 3.72. The number of halogens is 1. The van der Waals surface area contributed by atoms with Gasteiger partial charge in [0.2, 0.25) is 5.91 Å². The summed E-state index contributed by atoms with van der Waals surface area (Å²) in [4.78, 5) is 43.0. The van der Waals surface area contributed by atoms with Crippen LogP contribution in [0.3, 0.4) is 0 Å². The third kappa shape index (κ3) is 3.75. The molecule has 1 fully saturated rings. The van der Waals surface area contributed by atoms with E-state index >= 15 is 0 Å². The van der Waals surface area contributed by atoms with Crippen LogP contribution in [-0.4, -0.2) is 41.5 Å². The van der Waals surface area contributed by atoms with Crippen LogP contribution in [0, 0.1) is 0 Å². The van der Waals surface area contributed by atoms with Gasteiger partial charge < -0.3 is 20.3 Å². The largest absolute Gasteiger partial charge is 0.449 e. The van der Waals surface area contributed by atoms with Gasteiger partial charge in [0.05, 0.1) is 22.6 Å². The first-order valence-corrected chi connectivity index (χ1v) is 9.66. The molecule has 8 nitrogen and oxygen atoms in total. The lowest BCUT2D eigenvalue weighted by Gasteiger charge is -2.33. The second kappa shape index (κ2) is 7.71. The standard InChI is InChI=1S/C20H19ClN4O4/c1-11(18(26)23-13-4-2-8-22-17(13)21)29-20(28)12-6-7-15-14(10-12)24-19(27)16-5-3-9-25(15)16/h2,4,6-8,10-11,16H,3,5,9H2,1H3,(H,23,26)(H,24,27)/t11-,16+/m1/s1. The van der Waals surface area contributed by atoms with Crippen molar-refractivity contribution in [3.05, 3.63) is 47.2 Å². The summed E-state index contributed by atoms with van der Waals surface area (Å²) in [5, 5.41) is 5.57. The molecule has 2 amide bonds. The third-order valence-electron chi connectivity index (χ3n) is 5.03. The summed E-state index contributed by atoms with van der Waals surface area (Å²) in [6.07, 6.45) is 2.23. The molecule has 1 aromatic heterocycles. The van der Waals surface area contributed by atoms with E-state index in [0.29, 0.717) is 11.4 Å². The van der Waals surface area contributed by atoms with Gasteiger partial charge in [0.1, 0.15) is 6.04 Å². The van der Waals surface area contributed by atoms with E-state index in [0.717, 1.165) is 25.1 Å². The lowest BCUT2D eigenvalue weighted by atomic mass is 10.1. The number of carbonyl (C=O) groups is 3. The molecule has 0 unspecified atom stereocenters. The SMILES string of the molecule is C[C@@H](OC(=O)c1ccc2c(c1)NC(=O)[C@@H]1CCCN21)C(=O)Nc1cccnc1Cl. The molecule has 2 aliphatic rings. The van der Waals surface area contributed by atoms with E-state index < -0.39 is 18.0 Å². The number of anilines is 3. The lowest BCUT2D eigenvalue weighted by molar-refractivity contribution is -0.123. The average Bonchev–Trinajstić information content (AvgIpc) is 3.20. The Morgan fingerprint density at radius 1 is 1.38 bits per heavy atom. The van der Waals surface area contributed by atoms with Crippen LogP contribution >= 0.6 is 11.6 Å². The number of carbonyl (C=O) groups excluding carboxylic acids is 3. The van der Waals surface area contributed by atoms with Gasteiger partial charge in [-0.2, -0.15) is 0 Å². The van der Waals surface area contributed by atoms with E-state index in [2.05, 4.69) is 20.5 Å². The minimum atomic E-state index is -1.05. The first-order valence-electron chi connectivity index (χ1n) is 9.28. The quantitative estimate of drug-likeness (QED) is 0.589. The van der Waals surface area contributed by atoms with Gasteiger partial charge in [-0.3, -0.25) is 9.59 Å². The van der Waals surface area contributed by atoms with E-state index in [4.69, 9.17) is 16.3 Å². The zero-order chi connectivity index (χ0) is 20.5. The maximum Gasteiger partial charge on any atom is 0.338 e. The Labute approximate surface area is 172 Å². The highest BCUT2D eigenvalue weighted by molar-refractivity contribution is 6.32. The number of aromatic nitrogens is 1. The Morgan fingerprint density at radius 3 is 3.00 bits per heavy atom. The molecule has 2 aliphatic heterocycles. The maximum absolute atomic E-state index is 12.5. The number of benzene rings is 1. The van der Waals surface area contributed by atoms with Crippen molar-refractivity contribution >= 4 is 46.4 Å². The number of amides is 2. The van der Waals surface area contributed by atoms with Crippen molar-refractivity contribution < 1.29 is 19.1 Å². The molecule has 0 bridgehead atoms. The van der Waals surface area contributed by atoms with Crippen molar-refractivity contribution in [2.75, 3.05) is 22.1 Å². The zero-order valence-corrected chi connectivity index (χ0v) is 16.4. The molecule has 150 valence electrons. The highest BCUT2D eigenvalue weighted by atomic mass is 35.5. The minimum Gasteiger partial charge on any atom is -0.449 e. The van der Waals surface area contributed by atoms with Crippen LogP contribution < -0.4 is 15.5 Å². The number of hydrogen-bond acceptors (Lipinski definition) is 6. The van der Waals surface area contributed by atoms with Gasteiger partial charge >= 0.3 is 5.97 Å². The molecule has 4 rings (SSSR count). The van der Waals surface area contributed by atoms with Crippen molar-refractivity contribution in [3.8, 4) is 0 Å². The lowest BCUT2D eigenvalue weighted by Crippen LogP contribution is -2.43. The van der Waals surface area contributed by atoms with Gasteiger partial charge in [-0.05, 0) is 50.1 Å². The number of nitrogens with one attached hydrogen (secondary N) is 2. The highest BCUT2D eigenvalue weighted by Crippen LogP contribution is 2.37. The zero-order valence-electron chi connectivity index (χ0n) is 15.6. The first-order chi connectivity index (χ1) is 13.9. The van der Waals surface area contributed by atoms with Gasteiger partial charge in [-0.15, -0.1) is 0 Å². The van der Waals surface area contributed by atoms with E-state index in [1.807, 2.05) is 0 Å². The van der Waals surface area contributed by atoms with Crippen LogP contribution in [0.25, 0.3) is 0 Å². The van der Waals surface area contributed by atoms with Crippen LogP contribution in [0.4, 0.5) is 17.1 Å². The molecule has 0 radical (unpaired) electrons. The fraction of sp³-hybridized carbons (Fsp3) is 0.300. The van der Waals surface area contributed by atoms with Crippen molar-refractivity contribution in [2.45, 2.75) is 31.9 Å². The molecule has 1 aromatic carbocycles. The summed E-state index contributed by atoms with van der Waals surface area (Å²) in [6.45, 7) is 2.27. The topological polar surface area (TPSA) is 101 Å². The van der Waals surface area contributed by atoms with Crippen molar-refractivity contribution in [3.63, 3.8) is 0 Å². The normalized spacial score (nSPS) is 18.3. The average molecular weight is 415 g/mol. The monoisotopic (exact) mass is 414 g/mol. The second-order valence-corrected chi connectivity index (χ2v) is 7.31. The van der Waals surface area contributed by atoms with Crippen LogP contribution in [0.15, 0.2) is 36.5 Å². The van der Waals surface area contributed by atoms with Crippen LogP contribution in [-0.2, 0) is 14.3 Å². The fourth-order valence-electron chi connectivity index (χ4n) is 3.55. The summed E-state index contributed by atoms with van der Waals surface area (Å²) in [7, 11) is 0. The Hall–Kier alpha value is -3.13. The predicted molar refractivity (Wildman–Crippen MR) is 108 cm³/mol. The van der Waals surface area contributed by atoms with Gasteiger partial charge in [0, 0.05) is 12.7 Å². The Bertz CT molecular complexity index is 996. The number of rotatable bonds is 4. The molecule has 0 spiro atoms. The van der Waals surface area contributed by atoms with E-state index in [9.17, 15) is 14.4 Å². The Balaban J connectivity index is 1.45. The van der Waals surface area contributed by atoms with Gasteiger partial charge in [-0.1, -0.05) is 11.6 Å². The summed E-state index contributed by atoms with van der Waals surface area (Å²) in [6, 6.07) is 8.08. The molecule has 29 heavy (non-hydrogen) atoms. The molecule has 1 saturated heterocycles. The Morgan fingerprint density at radius 2 is 2.21 bits per heavy atom. The van der Waals surface area contributed by atoms with Crippen LogP contribution in [0.1, 0.15) is 30.1 Å². The first kappa shape index (κ1) is 19.2. The van der Waals surface area contributed by atoms with Crippen LogP contribution in [0.2, 0.25) is 5.15 Å². The number of fused-ring (bicyclic) bond motifs is 3. The summed E-state index contributed by atoms with van der Waals surface area (Å²) >= 11 is 5.92. The summed E-state index contributed by atoms with van der Waals surface area (Å²) in [5.41, 5.74) is 2.04. The van der Waals surface area contributed by atoms with E-state index in [1.54, 1.807) is 30.3 Å². The summed E-state index contributed by atoms with van der Waals surface area (Å²) in [5.74, 6) is -1.26. The second-order valence-electron chi connectivity index (χ2n) is 6.95. The number of pyridine rings is 1. The highest BCUT2D eigenvalue weighted by Gasteiger charge is 2.36. The molecule has 2 N–H and O–H groups in total. The Kier molecular flexibility index (Phi) is 5.10. The van der Waals surface area contributed by atoms with Gasteiger partial charge in [0.25, 0.3) is 5.91 Å². The van der Waals surface area contributed by atoms with Gasteiger partial charge in [-0.25, -0.2) is 9.78 Å². The smallest absolute Gasteiger partial charge is 0.338 e. The molecular formula is C20H19ClN4O4. The molecule has 9 heteroatoms. The molecule has 2 atom stereocenters. The number of nitrogens with zero attached hydrogens (tertiary/aromatic N) is 2. The van der Waals surface area contributed by atoms with Gasteiger partial charge in [0.15, 0.2) is 11.3 Å². The molecule has 3 heterocycles. The molecule has 0 saturated carbocycles.